The molecule has 88 valence electrons. The van der Waals surface area contributed by atoms with E-state index in [0.717, 1.165) is 5.54 Å². The van der Waals surface area contributed by atoms with Gasteiger partial charge in [0.15, 0.2) is 0 Å². The Balaban J connectivity index is 4.81. The molecule has 0 radical (unpaired) electrons. The van der Waals surface area contributed by atoms with Crippen LogP contribution in [0.4, 0.5) is 0 Å². The van der Waals surface area contributed by atoms with Gasteiger partial charge < -0.3 is 0 Å². The molecule has 1 unspecified atom stereocenters. The van der Waals surface area contributed by atoms with Crippen molar-refractivity contribution in [2.24, 2.45) is 0 Å². The van der Waals surface area contributed by atoms with Crippen LogP contribution in [0.15, 0.2) is 18.4 Å². The minimum absolute atomic E-state index is 0.457. The lowest BCUT2D eigenvalue weighted by Gasteiger charge is -2.42. The smallest absolute Gasteiger partial charge is 0.0605 e. The maximum atomic E-state index is 3.75. The molecule has 0 aromatic carbocycles. The Bertz CT molecular complexity index is 226. The molecular formula is C14H28Si. The van der Waals surface area contributed by atoms with E-state index in [4.69, 9.17) is 0 Å². The van der Waals surface area contributed by atoms with Crippen molar-refractivity contribution >= 4 is 8.07 Å². The zero-order valence-electron chi connectivity index (χ0n) is 11.5. The average molecular weight is 224 g/mol. The summed E-state index contributed by atoms with van der Waals surface area (Å²) in [5, 5.41) is 0.457. The molecule has 1 heteroatoms. The summed E-state index contributed by atoms with van der Waals surface area (Å²) in [4.78, 5) is 0. The summed E-state index contributed by atoms with van der Waals surface area (Å²) in [5.74, 6) is 0. The van der Waals surface area contributed by atoms with E-state index in [1.807, 2.05) is 0 Å². The highest BCUT2D eigenvalue weighted by Gasteiger charge is 2.40. The predicted molar refractivity (Wildman–Crippen MR) is 74.2 cm³/mol. The van der Waals surface area contributed by atoms with Gasteiger partial charge in [-0.05, 0) is 23.1 Å². The van der Waals surface area contributed by atoms with Crippen molar-refractivity contribution in [3.63, 3.8) is 0 Å². The molecule has 0 aromatic rings. The molecule has 0 rings (SSSR count). The molecule has 0 fully saturated rings. The molecule has 0 aliphatic carbocycles. The van der Waals surface area contributed by atoms with Crippen LogP contribution in [0.1, 0.15) is 47.0 Å². The lowest BCUT2D eigenvalue weighted by molar-refractivity contribution is 0.656. The van der Waals surface area contributed by atoms with Crippen molar-refractivity contribution in [3.05, 3.63) is 18.4 Å². The summed E-state index contributed by atoms with van der Waals surface area (Å²) in [6.45, 7) is 18.2. The van der Waals surface area contributed by atoms with Crippen LogP contribution in [0, 0.1) is 0 Å². The van der Waals surface area contributed by atoms with E-state index in [-0.39, 0.29) is 0 Å². The molecule has 0 nitrogen and oxygen atoms in total. The lowest BCUT2D eigenvalue weighted by atomic mass is 10.2. The lowest BCUT2D eigenvalue weighted by Crippen LogP contribution is -2.41. The first kappa shape index (κ1) is 14.7. The molecular weight excluding hydrogens is 196 g/mol. The van der Waals surface area contributed by atoms with Crippen molar-refractivity contribution in [3.8, 4) is 0 Å². The van der Waals surface area contributed by atoms with Crippen LogP contribution in [0.25, 0.3) is 0 Å². The summed E-state index contributed by atoms with van der Waals surface area (Å²) >= 11 is 0. The molecule has 0 heterocycles. The average Bonchev–Trinajstić information content (AvgIpc) is 2.10. The first-order valence-corrected chi connectivity index (χ1v) is 9.21. The van der Waals surface area contributed by atoms with E-state index < -0.39 is 8.07 Å². The molecule has 0 aliphatic heterocycles. The molecule has 0 bridgehead atoms. The van der Waals surface area contributed by atoms with E-state index in [0.29, 0.717) is 5.04 Å². The molecule has 0 aromatic heterocycles. The van der Waals surface area contributed by atoms with Crippen LogP contribution in [0.3, 0.4) is 0 Å². The molecule has 0 amide bonds. The fourth-order valence-corrected chi connectivity index (χ4v) is 4.35. The largest absolute Gasteiger partial charge is 0.133 e. The molecule has 0 spiro atoms. The van der Waals surface area contributed by atoms with Gasteiger partial charge in [0.1, 0.15) is 0 Å². The number of unbranched alkanes of at least 4 members (excludes halogenated alkanes) is 1. The molecule has 1 atom stereocenters. The van der Waals surface area contributed by atoms with Gasteiger partial charge in [0.05, 0.1) is 8.07 Å². The fraction of sp³-hybridized carbons (Fsp3) is 0.786. The van der Waals surface area contributed by atoms with Gasteiger partial charge in [0, 0.05) is 0 Å². The summed E-state index contributed by atoms with van der Waals surface area (Å²) < 4.78 is 0. The van der Waals surface area contributed by atoms with Crippen LogP contribution in [0.5, 0.6) is 0 Å². The number of rotatable bonds is 5. The summed E-state index contributed by atoms with van der Waals surface area (Å²) in [6.07, 6.45) is 6.16. The number of hydrogen-bond donors (Lipinski definition) is 0. The molecule has 0 aliphatic rings. The third-order valence-electron chi connectivity index (χ3n) is 4.05. The highest BCUT2D eigenvalue weighted by molar-refractivity contribution is 6.81. The van der Waals surface area contributed by atoms with Gasteiger partial charge in [-0.15, -0.1) is 5.73 Å². The summed E-state index contributed by atoms with van der Waals surface area (Å²) in [6, 6.07) is 0. The molecule has 0 saturated heterocycles. The van der Waals surface area contributed by atoms with Gasteiger partial charge in [-0.1, -0.05) is 60.2 Å². The highest BCUT2D eigenvalue weighted by Crippen LogP contribution is 2.45. The Labute approximate surface area is 97.5 Å². The van der Waals surface area contributed by atoms with Crippen molar-refractivity contribution in [2.75, 3.05) is 0 Å². The van der Waals surface area contributed by atoms with Gasteiger partial charge in [-0.3, -0.25) is 0 Å². The van der Waals surface area contributed by atoms with Crippen LogP contribution in [-0.2, 0) is 0 Å². The van der Waals surface area contributed by atoms with Crippen LogP contribution in [0.2, 0.25) is 23.7 Å². The number of hydrogen-bond acceptors (Lipinski definition) is 0. The normalized spacial score (nSPS) is 14.5. The SMILES string of the molecule is C=C=CC(CCCC)[Si](C)(C)C(C)(C)C. The van der Waals surface area contributed by atoms with Crippen molar-refractivity contribution in [1.82, 2.24) is 0 Å². The Morgan fingerprint density at radius 3 is 2.20 bits per heavy atom. The monoisotopic (exact) mass is 224 g/mol. The van der Waals surface area contributed by atoms with Gasteiger partial charge in [0.25, 0.3) is 0 Å². The maximum Gasteiger partial charge on any atom is 0.0605 e. The zero-order chi connectivity index (χ0) is 12.1. The highest BCUT2D eigenvalue weighted by atomic mass is 28.3. The first-order valence-electron chi connectivity index (χ1n) is 6.13. The summed E-state index contributed by atoms with van der Waals surface area (Å²) in [7, 11) is -1.25. The van der Waals surface area contributed by atoms with Gasteiger partial charge in [0.2, 0.25) is 0 Å². The van der Waals surface area contributed by atoms with Crippen molar-refractivity contribution in [1.29, 1.82) is 0 Å². The zero-order valence-corrected chi connectivity index (χ0v) is 12.5. The maximum absolute atomic E-state index is 3.75. The van der Waals surface area contributed by atoms with Crippen LogP contribution < -0.4 is 0 Å². The Morgan fingerprint density at radius 2 is 1.87 bits per heavy atom. The van der Waals surface area contributed by atoms with E-state index in [1.165, 1.54) is 19.3 Å². The van der Waals surface area contributed by atoms with Crippen molar-refractivity contribution < 1.29 is 0 Å². The van der Waals surface area contributed by atoms with E-state index in [1.54, 1.807) is 0 Å². The van der Waals surface area contributed by atoms with Crippen LogP contribution in [-0.4, -0.2) is 8.07 Å². The topological polar surface area (TPSA) is 0 Å². The van der Waals surface area contributed by atoms with Gasteiger partial charge in [-0.25, -0.2) is 0 Å². The molecule has 0 N–H and O–H groups in total. The third-order valence-corrected chi connectivity index (χ3v) is 10.2. The van der Waals surface area contributed by atoms with Crippen LogP contribution >= 0.6 is 0 Å². The predicted octanol–water partition coefficient (Wildman–Crippen LogP) is 5.40. The minimum Gasteiger partial charge on any atom is -0.133 e. The Hall–Kier alpha value is -0.263. The van der Waals surface area contributed by atoms with E-state index in [2.05, 4.69) is 59.2 Å². The standard InChI is InChI=1S/C14H28Si/c1-8-10-12-13(11-9-2)15(6,7)14(3,4)5/h11,13H,2,8,10,12H2,1,3-7H3. The summed E-state index contributed by atoms with van der Waals surface area (Å²) in [5.41, 5.74) is 3.75. The molecule has 0 saturated carbocycles. The second-order valence-corrected chi connectivity index (χ2v) is 11.8. The first-order chi connectivity index (χ1) is 6.77. The second kappa shape index (κ2) is 5.72. The Morgan fingerprint density at radius 1 is 1.33 bits per heavy atom. The van der Waals surface area contributed by atoms with Gasteiger partial charge in [-0.2, -0.15) is 0 Å². The van der Waals surface area contributed by atoms with E-state index >= 15 is 0 Å². The quantitative estimate of drug-likeness (QED) is 0.433. The third kappa shape index (κ3) is 4.00. The second-order valence-electron chi connectivity index (χ2n) is 6.09. The Kier molecular flexibility index (Phi) is 5.62. The minimum atomic E-state index is -1.25. The molecule has 15 heavy (non-hydrogen) atoms. The van der Waals surface area contributed by atoms with Gasteiger partial charge >= 0.3 is 0 Å². The fourth-order valence-electron chi connectivity index (χ4n) is 1.77. The van der Waals surface area contributed by atoms with Crippen molar-refractivity contribution in [2.45, 2.75) is 70.6 Å². The van der Waals surface area contributed by atoms with E-state index in [9.17, 15) is 0 Å². The number of allylic oxidation sites excluding steroid dienone is 1.